The maximum atomic E-state index is 6.66. The second-order valence-electron chi connectivity index (χ2n) is 8.49. The molecule has 160 valence electrons. The van der Waals surface area contributed by atoms with E-state index in [4.69, 9.17) is 8.83 Å². The molecular formula is C32H20O2. The molecule has 0 fully saturated rings. The smallest absolute Gasteiger partial charge is 0.143 e. The number of hydrogen-bond donors (Lipinski definition) is 0. The van der Waals surface area contributed by atoms with Crippen molar-refractivity contribution in [1.29, 1.82) is 0 Å². The highest BCUT2D eigenvalue weighted by Gasteiger charge is 2.20. The van der Waals surface area contributed by atoms with Gasteiger partial charge in [0.1, 0.15) is 22.7 Å². The summed E-state index contributed by atoms with van der Waals surface area (Å²) >= 11 is 0. The van der Waals surface area contributed by atoms with Crippen molar-refractivity contribution in [3.05, 3.63) is 121 Å². The number of para-hydroxylation sites is 1. The fourth-order valence-electron chi connectivity index (χ4n) is 5.01. The molecule has 2 heterocycles. The van der Waals surface area contributed by atoms with E-state index in [2.05, 4.69) is 84.9 Å². The summed E-state index contributed by atoms with van der Waals surface area (Å²) in [7, 11) is 0. The molecule has 2 heteroatoms. The number of furan rings is 2. The van der Waals surface area contributed by atoms with Crippen LogP contribution in [0.2, 0.25) is 0 Å². The molecule has 0 aliphatic rings. The molecule has 2 aromatic heterocycles. The lowest BCUT2D eigenvalue weighted by molar-refractivity contribution is 0.602. The second-order valence-corrected chi connectivity index (χ2v) is 8.49. The summed E-state index contributed by atoms with van der Waals surface area (Å²) in [6, 6.07) is 41.7. The zero-order chi connectivity index (χ0) is 22.5. The van der Waals surface area contributed by atoms with Gasteiger partial charge < -0.3 is 8.83 Å². The molecule has 0 bridgehead atoms. The third kappa shape index (κ3) is 2.82. The molecule has 0 saturated carbocycles. The standard InChI is InChI=1S/C32H20O2/c1-2-11-21(12-3-1)31-25-15-6-7-16-26(25)32(34-31)24-14-5-4-13-22(24)23-18-10-20-29-30(23)27-17-8-9-19-28(27)33-29/h1-20H. The zero-order valence-corrected chi connectivity index (χ0v) is 18.4. The van der Waals surface area contributed by atoms with Gasteiger partial charge in [-0.3, -0.25) is 0 Å². The molecule has 0 saturated heterocycles. The highest BCUT2D eigenvalue weighted by atomic mass is 16.3. The van der Waals surface area contributed by atoms with E-state index in [1.54, 1.807) is 0 Å². The van der Waals surface area contributed by atoms with Crippen molar-refractivity contribution < 1.29 is 8.83 Å². The Morgan fingerprint density at radius 2 is 0.941 bits per heavy atom. The normalized spacial score (nSPS) is 11.5. The van der Waals surface area contributed by atoms with Crippen LogP contribution >= 0.6 is 0 Å². The van der Waals surface area contributed by atoms with Crippen molar-refractivity contribution in [2.24, 2.45) is 0 Å². The number of fused-ring (bicyclic) bond motifs is 4. The summed E-state index contributed by atoms with van der Waals surface area (Å²) in [5.41, 5.74) is 6.20. The Hall–Kier alpha value is -4.56. The van der Waals surface area contributed by atoms with Crippen LogP contribution in [0.1, 0.15) is 0 Å². The van der Waals surface area contributed by atoms with Crippen molar-refractivity contribution in [3.8, 4) is 33.8 Å². The summed E-state index contributed by atoms with van der Waals surface area (Å²) in [4.78, 5) is 0. The van der Waals surface area contributed by atoms with E-state index in [9.17, 15) is 0 Å². The summed E-state index contributed by atoms with van der Waals surface area (Å²) < 4.78 is 12.8. The van der Waals surface area contributed by atoms with Crippen LogP contribution in [0.5, 0.6) is 0 Å². The summed E-state index contributed by atoms with van der Waals surface area (Å²) in [6.45, 7) is 0. The molecule has 0 aliphatic carbocycles. The average Bonchev–Trinajstić information content (AvgIpc) is 3.48. The predicted octanol–water partition coefficient (Wildman–Crippen LogP) is 9.33. The lowest BCUT2D eigenvalue weighted by Crippen LogP contribution is -1.85. The van der Waals surface area contributed by atoms with E-state index in [0.29, 0.717) is 0 Å². The average molecular weight is 437 g/mol. The summed E-state index contributed by atoms with van der Waals surface area (Å²) in [5.74, 6) is 1.78. The van der Waals surface area contributed by atoms with Crippen LogP contribution in [0, 0.1) is 0 Å². The van der Waals surface area contributed by atoms with Gasteiger partial charge in [0, 0.05) is 32.7 Å². The zero-order valence-electron chi connectivity index (χ0n) is 18.4. The highest BCUT2D eigenvalue weighted by molar-refractivity contribution is 6.14. The van der Waals surface area contributed by atoms with Crippen molar-refractivity contribution in [2.75, 3.05) is 0 Å². The van der Waals surface area contributed by atoms with Crippen molar-refractivity contribution in [1.82, 2.24) is 0 Å². The molecule has 0 N–H and O–H groups in total. The van der Waals surface area contributed by atoms with Gasteiger partial charge in [0.25, 0.3) is 0 Å². The lowest BCUT2D eigenvalue weighted by atomic mass is 9.93. The van der Waals surface area contributed by atoms with Gasteiger partial charge in [0.2, 0.25) is 0 Å². The fraction of sp³-hybridized carbons (Fsp3) is 0. The Labute approximate surface area is 196 Å². The monoisotopic (exact) mass is 436 g/mol. The number of hydrogen-bond acceptors (Lipinski definition) is 2. The van der Waals surface area contributed by atoms with E-state index in [1.807, 2.05) is 36.4 Å². The van der Waals surface area contributed by atoms with Gasteiger partial charge in [-0.05, 0) is 23.3 Å². The van der Waals surface area contributed by atoms with Gasteiger partial charge >= 0.3 is 0 Å². The van der Waals surface area contributed by atoms with Crippen LogP contribution in [0.3, 0.4) is 0 Å². The number of benzene rings is 5. The first kappa shape index (κ1) is 19.0. The first-order valence-corrected chi connectivity index (χ1v) is 11.5. The van der Waals surface area contributed by atoms with E-state index in [-0.39, 0.29) is 0 Å². The molecule has 7 rings (SSSR count). The minimum absolute atomic E-state index is 0.884. The minimum Gasteiger partial charge on any atom is -0.456 e. The quantitative estimate of drug-likeness (QED) is 0.276. The number of rotatable bonds is 3. The van der Waals surface area contributed by atoms with E-state index in [1.165, 1.54) is 0 Å². The Kier molecular flexibility index (Phi) is 4.18. The Morgan fingerprint density at radius 1 is 0.353 bits per heavy atom. The second kappa shape index (κ2) is 7.50. The van der Waals surface area contributed by atoms with Crippen molar-refractivity contribution in [2.45, 2.75) is 0 Å². The van der Waals surface area contributed by atoms with Crippen molar-refractivity contribution in [3.63, 3.8) is 0 Å². The molecule has 2 nitrogen and oxygen atoms in total. The SMILES string of the molecule is c1ccc(-c2oc(-c3ccccc3-c3cccc4oc5ccccc5c34)c3ccccc23)cc1. The van der Waals surface area contributed by atoms with Crippen LogP contribution in [0.15, 0.2) is 130 Å². The van der Waals surface area contributed by atoms with Crippen molar-refractivity contribution >= 4 is 32.7 Å². The van der Waals surface area contributed by atoms with E-state index in [0.717, 1.165) is 66.5 Å². The van der Waals surface area contributed by atoms with Crippen LogP contribution < -0.4 is 0 Å². The first-order valence-electron chi connectivity index (χ1n) is 11.5. The van der Waals surface area contributed by atoms with Crippen LogP contribution in [-0.4, -0.2) is 0 Å². The third-order valence-electron chi connectivity index (χ3n) is 6.52. The highest BCUT2D eigenvalue weighted by Crippen LogP contribution is 2.44. The molecule has 0 unspecified atom stereocenters. The van der Waals surface area contributed by atoms with Gasteiger partial charge in [-0.25, -0.2) is 0 Å². The lowest BCUT2D eigenvalue weighted by Gasteiger charge is -2.10. The molecule has 0 amide bonds. The third-order valence-corrected chi connectivity index (χ3v) is 6.52. The van der Waals surface area contributed by atoms with Crippen LogP contribution in [-0.2, 0) is 0 Å². The Bertz CT molecular complexity index is 1800. The first-order chi connectivity index (χ1) is 16.9. The predicted molar refractivity (Wildman–Crippen MR) is 140 cm³/mol. The largest absolute Gasteiger partial charge is 0.456 e. The van der Waals surface area contributed by atoms with Gasteiger partial charge in [-0.1, -0.05) is 109 Å². The molecule has 5 aromatic carbocycles. The van der Waals surface area contributed by atoms with Gasteiger partial charge in [-0.15, -0.1) is 0 Å². The molecule has 0 aliphatic heterocycles. The van der Waals surface area contributed by atoms with Crippen LogP contribution in [0.4, 0.5) is 0 Å². The fourth-order valence-corrected chi connectivity index (χ4v) is 5.01. The molecule has 0 spiro atoms. The van der Waals surface area contributed by atoms with E-state index >= 15 is 0 Å². The van der Waals surface area contributed by atoms with E-state index < -0.39 is 0 Å². The molecular weight excluding hydrogens is 416 g/mol. The van der Waals surface area contributed by atoms with Gasteiger partial charge in [0.05, 0.1) is 0 Å². The maximum Gasteiger partial charge on any atom is 0.143 e. The molecule has 0 atom stereocenters. The molecule has 7 aromatic rings. The molecule has 0 radical (unpaired) electrons. The molecule has 34 heavy (non-hydrogen) atoms. The maximum absolute atomic E-state index is 6.66. The summed E-state index contributed by atoms with van der Waals surface area (Å²) in [6.07, 6.45) is 0. The summed E-state index contributed by atoms with van der Waals surface area (Å²) in [5, 5.41) is 4.48. The van der Waals surface area contributed by atoms with Gasteiger partial charge in [-0.2, -0.15) is 0 Å². The topological polar surface area (TPSA) is 26.3 Å². The van der Waals surface area contributed by atoms with Gasteiger partial charge in [0.15, 0.2) is 0 Å². The van der Waals surface area contributed by atoms with Crippen LogP contribution in [0.25, 0.3) is 66.5 Å². The Balaban J connectivity index is 1.53. The Morgan fingerprint density at radius 3 is 1.76 bits per heavy atom. The minimum atomic E-state index is 0.884.